The number of nitrogens with two attached hydrogens (primary N) is 1. The predicted octanol–water partition coefficient (Wildman–Crippen LogP) is 4.10. The van der Waals surface area contributed by atoms with Gasteiger partial charge in [0.05, 0.1) is 18.8 Å². The number of hydrogen-bond donors (Lipinski definition) is 1. The first kappa shape index (κ1) is 24.6. The van der Waals surface area contributed by atoms with Crippen LogP contribution in [0.1, 0.15) is 23.1 Å². The van der Waals surface area contributed by atoms with Crippen molar-refractivity contribution < 1.29 is 13.5 Å². The Labute approximate surface area is 228 Å². The van der Waals surface area contributed by atoms with E-state index in [1.807, 2.05) is 0 Å². The molecule has 2 aromatic carbocycles. The smallest absolute Gasteiger partial charge is 0.226 e. The Balaban J connectivity index is 1.35. The van der Waals surface area contributed by atoms with Crippen LogP contribution in [-0.4, -0.2) is 72.1 Å². The van der Waals surface area contributed by atoms with E-state index in [2.05, 4.69) is 32.8 Å². The van der Waals surface area contributed by atoms with E-state index in [1.165, 1.54) is 17.4 Å². The molecule has 2 saturated heterocycles. The summed E-state index contributed by atoms with van der Waals surface area (Å²) >= 11 is 1.19. The molecular formula is C28H27F2N7OS. The molecule has 0 unspecified atom stereocenters. The number of halogens is 2. The van der Waals surface area contributed by atoms with Gasteiger partial charge in [-0.25, -0.2) is 18.7 Å². The number of benzene rings is 2. The summed E-state index contributed by atoms with van der Waals surface area (Å²) in [6, 6.07) is 5.37. The molecule has 3 aliphatic heterocycles. The number of nitriles is 1. The van der Waals surface area contributed by atoms with E-state index in [4.69, 9.17) is 15.5 Å². The molecule has 4 aromatic rings. The molecule has 2 N–H and O–H groups in total. The van der Waals surface area contributed by atoms with Crippen LogP contribution in [0.25, 0.3) is 32.1 Å². The molecule has 2 fully saturated rings. The molecule has 0 saturated carbocycles. The molecule has 0 aliphatic carbocycles. The summed E-state index contributed by atoms with van der Waals surface area (Å²) in [5, 5.41) is 11.0. The fourth-order valence-corrected chi connectivity index (χ4v) is 7.19. The molecule has 3 aliphatic rings. The van der Waals surface area contributed by atoms with Crippen LogP contribution < -0.4 is 10.6 Å². The first-order chi connectivity index (χ1) is 18.9. The van der Waals surface area contributed by atoms with Gasteiger partial charge in [-0.3, -0.25) is 4.90 Å². The summed E-state index contributed by atoms with van der Waals surface area (Å²) < 4.78 is 38.5. The first-order valence-corrected chi connectivity index (χ1v) is 13.9. The van der Waals surface area contributed by atoms with Crippen LogP contribution in [0.3, 0.4) is 0 Å². The molecule has 0 amide bonds. The number of nitrogens with zero attached hydrogens (tertiary/aromatic N) is 6. The van der Waals surface area contributed by atoms with Gasteiger partial charge < -0.3 is 20.3 Å². The Hall–Kier alpha value is -3.43. The van der Waals surface area contributed by atoms with Gasteiger partial charge in [-0.15, -0.1) is 11.3 Å². The van der Waals surface area contributed by atoms with Gasteiger partial charge in [0, 0.05) is 78.1 Å². The maximum Gasteiger partial charge on any atom is 0.226 e. The molecule has 8 nitrogen and oxygen atoms in total. The zero-order valence-electron chi connectivity index (χ0n) is 21.5. The number of rotatable bonds is 3. The molecule has 0 bridgehead atoms. The van der Waals surface area contributed by atoms with E-state index in [1.54, 1.807) is 12.3 Å². The van der Waals surface area contributed by atoms with E-state index < -0.39 is 11.6 Å². The van der Waals surface area contributed by atoms with E-state index in [0.29, 0.717) is 33.0 Å². The van der Waals surface area contributed by atoms with Crippen molar-refractivity contribution in [2.24, 2.45) is 0 Å². The minimum atomic E-state index is -0.632. The minimum Gasteiger partial charge on any atom is -0.389 e. The molecule has 11 heteroatoms. The summed E-state index contributed by atoms with van der Waals surface area (Å²) in [6.45, 7) is 6.14. The summed E-state index contributed by atoms with van der Waals surface area (Å²) in [7, 11) is 2.15. The zero-order chi connectivity index (χ0) is 26.8. The monoisotopic (exact) mass is 547 g/mol. The quantitative estimate of drug-likeness (QED) is 0.410. The summed E-state index contributed by atoms with van der Waals surface area (Å²) in [5.41, 5.74) is 7.83. The van der Waals surface area contributed by atoms with Gasteiger partial charge in [-0.1, -0.05) is 0 Å². The Morgan fingerprint density at radius 2 is 1.90 bits per heavy atom. The van der Waals surface area contributed by atoms with E-state index in [0.717, 1.165) is 51.3 Å². The lowest BCUT2D eigenvalue weighted by atomic mass is 9.90. The Morgan fingerprint density at radius 1 is 1.10 bits per heavy atom. The lowest BCUT2D eigenvalue weighted by molar-refractivity contribution is 0.120. The van der Waals surface area contributed by atoms with Crippen molar-refractivity contribution in [3.05, 3.63) is 46.7 Å². The number of ether oxygens (including phenoxy) is 1. The second kappa shape index (κ2) is 9.34. The maximum absolute atomic E-state index is 16.6. The van der Waals surface area contributed by atoms with Gasteiger partial charge >= 0.3 is 0 Å². The van der Waals surface area contributed by atoms with Crippen molar-refractivity contribution in [1.82, 2.24) is 19.8 Å². The van der Waals surface area contributed by atoms with Gasteiger partial charge in [0.2, 0.25) is 5.95 Å². The topological polar surface area (TPSA) is 94.5 Å². The molecule has 200 valence electrons. The third kappa shape index (κ3) is 3.85. The maximum atomic E-state index is 16.6. The average molecular weight is 548 g/mol. The standard InChI is InChI=1S/C28H27F2N7OS/c1-35-6-8-36(9-7-35)15-4-5-37(12-15)28-33-11-17-18-13-38-14-19(18)23(25(30)26(17)34-28)24-20(29)2-3-21-22(24)16(10-31)27(32)39-21/h2-3,11,15H,4-9,12-14,32H2,1H3/t15-/m0/s1. The number of aromatic nitrogens is 2. The minimum absolute atomic E-state index is 0.0367. The molecule has 0 spiro atoms. The number of anilines is 2. The number of piperazine rings is 1. The Kier molecular flexibility index (Phi) is 5.89. The molecule has 39 heavy (non-hydrogen) atoms. The molecule has 0 radical (unpaired) electrons. The summed E-state index contributed by atoms with van der Waals surface area (Å²) in [6.07, 6.45) is 2.67. The number of fused-ring (bicyclic) bond motifs is 4. The fraction of sp³-hybridized carbons (Fsp3) is 0.393. The highest BCUT2D eigenvalue weighted by molar-refractivity contribution is 7.23. The lowest BCUT2D eigenvalue weighted by Crippen LogP contribution is -2.49. The van der Waals surface area contributed by atoms with Crippen molar-refractivity contribution in [3.8, 4) is 17.2 Å². The zero-order valence-corrected chi connectivity index (χ0v) is 22.3. The van der Waals surface area contributed by atoms with E-state index in [-0.39, 0.29) is 40.4 Å². The SMILES string of the molecule is CN1CCN([C@H]2CCN(c3ncc4c5c(c(-c6c(F)ccc7sc(N)c(C#N)c67)c(F)c4n3)COC5)C2)CC1. The van der Waals surface area contributed by atoms with Crippen LogP contribution in [-0.2, 0) is 18.0 Å². The Bertz CT molecular complexity index is 1670. The summed E-state index contributed by atoms with van der Waals surface area (Å²) in [5.74, 6) is -0.778. The highest BCUT2D eigenvalue weighted by atomic mass is 32.1. The number of nitrogen functional groups attached to an aromatic ring is 1. The van der Waals surface area contributed by atoms with Crippen molar-refractivity contribution in [2.75, 3.05) is 56.9 Å². The number of thiophene rings is 1. The highest BCUT2D eigenvalue weighted by Gasteiger charge is 2.33. The molecule has 5 heterocycles. The van der Waals surface area contributed by atoms with Crippen LogP contribution in [0.15, 0.2) is 18.3 Å². The lowest BCUT2D eigenvalue weighted by Gasteiger charge is -2.36. The van der Waals surface area contributed by atoms with Crippen molar-refractivity contribution >= 4 is 43.3 Å². The third-order valence-corrected chi connectivity index (χ3v) is 9.37. The van der Waals surface area contributed by atoms with Crippen LogP contribution in [0.4, 0.5) is 19.7 Å². The van der Waals surface area contributed by atoms with Crippen LogP contribution in [0.5, 0.6) is 0 Å². The predicted molar refractivity (Wildman–Crippen MR) is 148 cm³/mol. The van der Waals surface area contributed by atoms with Crippen LogP contribution >= 0.6 is 11.3 Å². The van der Waals surface area contributed by atoms with Gasteiger partial charge in [-0.05, 0) is 36.7 Å². The highest BCUT2D eigenvalue weighted by Crippen LogP contribution is 2.46. The first-order valence-electron chi connectivity index (χ1n) is 13.1. The second-order valence-electron chi connectivity index (χ2n) is 10.5. The second-order valence-corrected chi connectivity index (χ2v) is 11.6. The van der Waals surface area contributed by atoms with Crippen molar-refractivity contribution in [2.45, 2.75) is 25.7 Å². The van der Waals surface area contributed by atoms with E-state index in [9.17, 15) is 5.26 Å². The van der Waals surface area contributed by atoms with Gasteiger partial charge in [0.15, 0.2) is 5.82 Å². The number of hydrogen-bond acceptors (Lipinski definition) is 9. The molecule has 1 atom stereocenters. The van der Waals surface area contributed by atoms with Gasteiger partial charge in [0.1, 0.15) is 22.4 Å². The van der Waals surface area contributed by atoms with Crippen LogP contribution in [0.2, 0.25) is 0 Å². The average Bonchev–Trinajstić information content (AvgIpc) is 3.69. The van der Waals surface area contributed by atoms with Gasteiger partial charge in [-0.2, -0.15) is 5.26 Å². The number of likely N-dealkylation sites (N-methyl/N-ethyl adjacent to an activating group) is 1. The fourth-order valence-electron chi connectivity index (χ4n) is 6.27. The molecule has 7 rings (SSSR count). The van der Waals surface area contributed by atoms with Crippen molar-refractivity contribution in [1.29, 1.82) is 5.26 Å². The molecular weight excluding hydrogens is 520 g/mol. The van der Waals surface area contributed by atoms with Crippen molar-refractivity contribution in [3.63, 3.8) is 0 Å². The van der Waals surface area contributed by atoms with Crippen LogP contribution in [0, 0.1) is 23.0 Å². The van der Waals surface area contributed by atoms with E-state index >= 15 is 8.78 Å². The van der Waals surface area contributed by atoms with Gasteiger partial charge in [0.25, 0.3) is 0 Å². The largest absolute Gasteiger partial charge is 0.389 e. The normalized spacial score (nSPS) is 20.3. The molecule has 2 aromatic heterocycles. The summed E-state index contributed by atoms with van der Waals surface area (Å²) in [4.78, 5) is 16.3. The Morgan fingerprint density at radius 3 is 2.69 bits per heavy atom. The third-order valence-electron chi connectivity index (χ3n) is 8.38.